The van der Waals surface area contributed by atoms with Gasteiger partial charge in [-0.25, -0.2) is 0 Å². The van der Waals surface area contributed by atoms with Crippen LogP contribution in [0.25, 0.3) is 0 Å². The molecule has 2 amide bonds. The average molecular weight is 431 g/mol. The first-order valence-electron chi connectivity index (χ1n) is 10.7. The Morgan fingerprint density at radius 3 is 2.16 bits per heavy atom. The maximum atomic E-state index is 12.7. The van der Waals surface area contributed by atoms with Crippen molar-refractivity contribution in [3.8, 4) is 5.75 Å². The van der Waals surface area contributed by atoms with Gasteiger partial charge < -0.3 is 15.4 Å². The second kappa shape index (κ2) is 10.1. The molecule has 3 aromatic rings. The molecule has 5 heteroatoms. The molecule has 0 aliphatic carbocycles. The smallest absolute Gasteiger partial charge is 0.265 e. The van der Waals surface area contributed by atoms with Crippen molar-refractivity contribution in [2.75, 3.05) is 5.32 Å². The van der Waals surface area contributed by atoms with Crippen molar-refractivity contribution in [3.05, 3.63) is 95.6 Å². The number of carbonyl (C=O) groups excluding carboxylic acids is 2. The minimum Gasteiger partial charge on any atom is -0.481 e. The molecule has 0 saturated carbocycles. The predicted molar refractivity (Wildman–Crippen MR) is 128 cm³/mol. The molecule has 0 fully saturated rings. The van der Waals surface area contributed by atoms with Crippen LogP contribution in [0.5, 0.6) is 5.75 Å². The van der Waals surface area contributed by atoms with E-state index in [2.05, 4.69) is 31.4 Å². The van der Waals surface area contributed by atoms with Crippen molar-refractivity contribution < 1.29 is 14.3 Å². The van der Waals surface area contributed by atoms with Gasteiger partial charge in [0, 0.05) is 6.54 Å². The zero-order valence-electron chi connectivity index (χ0n) is 19.0. The molecule has 0 saturated heterocycles. The van der Waals surface area contributed by atoms with Gasteiger partial charge in [-0.3, -0.25) is 9.59 Å². The van der Waals surface area contributed by atoms with E-state index in [1.54, 1.807) is 31.2 Å². The van der Waals surface area contributed by atoms with Crippen LogP contribution < -0.4 is 15.4 Å². The van der Waals surface area contributed by atoms with Gasteiger partial charge in [-0.1, -0.05) is 75.4 Å². The molecule has 166 valence electrons. The summed E-state index contributed by atoms with van der Waals surface area (Å²) in [5, 5.41) is 5.71. The van der Waals surface area contributed by atoms with Gasteiger partial charge in [0.15, 0.2) is 6.10 Å². The summed E-state index contributed by atoms with van der Waals surface area (Å²) in [5.74, 6) is 0.0406. The van der Waals surface area contributed by atoms with Crippen molar-refractivity contribution in [2.24, 2.45) is 0 Å². The SMILES string of the molecule is CC(Oc1ccc(C(C)(C)C)cc1)C(=O)Nc1ccccc1C(=O)NCc1ccccc1. The number of para-hydroxylation sites is 1. The maximum Gasteiger partial charge on any atom is 0.265 e. The Labute approximate surface area is 189 Å². The second-order valence-corrected chi connectivity index (χ2v) is 8.74. The van der Waals surface area contributed by atoms with Crippen molar-refractivity contribution >= 4 is 17.5 Å². The molecule has 0 aromatic heterocycles. The third-order valence-electron chi connectivity index (χ3n) is 5.13. The molecular weight excluding hydrogens is 400 g/mol. The number of ether oxygens (including phenoxy) is 1. The van der Waals surface area contributed by atoms with E-state index in [1.165, 1.54) is 5.56 Å². The van der Waals surface area contributed by atoms with Gasteiger partial charge in [-0.2, -0.15) is 0 Å². The molecule has 1 unspecified atom stereocenters. The normalized spacial score (nSPS) is 12.0. The molecule has 32 heavy (non-hydrogen) atoms. The number of rotatable bonds is 7. The summed E-state index contributed by atoms with van der Waals surface area (Å²) in [5.41, 5.74) is 3.09. The zero-order chi connectivity index (χ0) is 23.1. The number of carbonyl (C=O) groups is 2. The number of anilines is 1. The van der Waals surface area contributed by atoms with Crippen LogP contribution in [0.4, 0.5) is 5.69 Å². The number of amides is 2. The topological polar surface area (TPSA) is 67.4 Å². The summed E-state index contributed by atoms with van der Waals surface area (Å²) in [6.07, 6.45) is -0.726. The molecular formula is C27H30N2O3. The second-order valence-electron chi connectivity index (χ2n) is 8.74. The van der Waals surface area contributed by atoms with Gasteiger partial charge in [0.2, 0.25) is 0 Å². The first-order valence-corrected chi connectivity index (χ1v) is 10.7. The summed E-state index contributed by atoms with van der Waals surface area (Å²) in [4.78, 5) is 25.4. The first-order chi connectivity index (χ1) is 15.2. The fourth-order valence-electron chi connectivity index (χ4n) is 3.19. The van der Waals surface area contributed by atoms with Crippen LogP contribution in [0.15, 0.2) is 78.9 Å². The van der Waals surface area contributed by atoms with Gasteiger partial charge in [-0.05, 0) is 47.7 Å². The van der Waals surface area contributed by atoms with Gasteiger partial charge >= 0.3 is 0 Å². The lowest BCUT2D eigenvalue weighted by Crippen LogP contribution is -2.31. The number of nitrogens with one attached hydrogen (secondary N) is 2. The highest BCUT2D eigenvalue weighted by molar-refractivity contribution is 6.04. The lowest BCUT2D eigenvalue weighted by molar-refractivity contribution is -0.122. The van der Waals surface area contributed by atoms with Crippen LogP contribution >= 0.6 is 0 Å². The summed E-state index contributed by atoms with van der Waals surface area (Å²) in [7, 11) is 0. The Morgan fingerprint density at radius 1 is 0.875 bits per heavy atom. The van der Waals surface area contributed by atoms with Crippen LogP contribution in [0, 0.1) is 0 Å². The molecule has 3 aromatic carbocycles. The predicted octanol–water partition coefficient (Wildman–Crippen LogP) is 5.32. The van der Waals surface area contributed by atoms with Gasteiger partial charge in [0.25, 0.3) is 11.8 Å². The Bertz CT molecular complexity index is 1050. The highest BCUT2D eigenvalue weighted by Gasteiger charge is 2.19. The minimum absolute atomic E-state index is 0.0479. The zero-order valence-corrected chi connectivity index (χ0v) is 19.0. The monoisotopic (exact) mass is 430 g/mol. The maximum absolute atomic E-state index is 12.7. The minimum atomic E-state index is -0.726. The summed E-state index contributed by atoms with van der Waals surface area (Å²) in [6.45, 7) is 8.53. The molecule has 5 nitrogen and oxygen atoms in total. The Balaban J connectivity index is 1.62. The third-order valence-corrected chi connectivity index (χ3v) is 5.13. The van der Waals surface area contributed by atoms with Gasteiger partial charge in [0.05, 0.1) is 11.3 Å². The molecule has 0 aliphatic rings. The Hall–Kier alpha value is -3.60. The van der Waals surface area contributed by atoms with E-state index in [1.807, 2.05) is 54.6 Å². The number of hydrogen-bond acceptors (Lipinski definition) is 3. The summed E-state index contributed by atoms with van der Waals surface area (Å²) < 4.78 is 5.81. The van der Waals surface area contributed by atoms with E-state index < -0.39 is 6.10 Å². The lowest BCUT2D eigenvalue weighted by Gasteiger charge is -2.20. The van der Waals surface area contributed by atoms with Crippen molar-refractivity contribution in [2.45, 2.75) is 45.8 Å². The van der Waals surface area contributed by atoms with Crippen LogP contribution in [-0.4, -0.2) is 17.9 Å². The quantitative estimate of drug-likeness (QED) is 0.533. The van der Waals surface area contributed by atoms with E-state index >= 15 is 0 Å². The molecule has 0 bridgehead atoms. The number of hydrogen-bond donors (Lipinski definition) is 2. The fourth-order valence-corrected chi connectivity index (χ4v) is 3.19. The first kappa shape index (κ1) is 23.1. The van der Waals surface area contributed by atoms with E-state index in [4.69, 9.17) is 4.74 Å². The molecule has 0 spiro atoms. The number of benzene rings is 3. The van der Waals surface area contributed by atoms with Crippen LogP contribution in [0.1, 0.15) is 49.2 Å². The molecule has 1 atom stereocenters. The van der Waals surface area contributed by atoms with Crippen LogP contribution in [0.3, 0.4) is 0 Å². The van der Waals surface area contributed by atoms with Crippen molar-refractivity contribution in [3.63, 3.8) is 0 Å². The Kier molecular flexibility index (Phi) is 7.31. The summed E-state index contributed by atoms with van der Waals surface area (Å²) >= 11 is 0. The third kappa shape index (κ3) is 6.20. The molecule has 3 rings (SSSR count). The van der Waals surface area contributed by atoms with E-state index in [0.717, 1.165) is 5.56 Å². The van der Waals surface area contributed by atoms with Crippen molar-refractivity contribution in [1.29, 1.82) is 0 Å². The Morgan fingerprint density at radius 2 is 1.50 bits per heavy atom. The standard InChI is InChI=1S/C27H30N2O3/c1-19(32-22-16-14-21(15-17-22)27(2,3)4)25(30)29-24-13-9-8-12-23(24)26(31)28-18-20-10-6-5-7-11-20/h5-17,19H,18H2,1-4H3,(H,28,31)(H,29,30). The van der Waals surface area contributed by atoms with Crippen LogP contribution in [-0.2, 0) is 16.8 Å². The van der Waals surface area contributed by atoms with E-state index in [0.29, 0.717) is 23.5 Å². The van der Waals surface area contributed by atoms with Crippen LogP contribution in [0.2, 0.25) is 0 Å². The molecule has 0 radical (unpaired) electrons. The van der Waals surface area contributed by atoms with E-state index in [9.17, 15) is 9.59 Å². The highest BCUT2D eigenvalue weighted by atomic mass is 16.5. The summed E-state index contributed by atoms with van der Waals surface area (Å²) in [6, 6.07) is 24.4. The van der Waals surface area contributed by atoms with Gasteiger partial charge in [-0.15, -0.1) is 0 Å². The molecule has 0 heterocycles. The fraction of sp³-hybridized carbons (Fsp3) is 0.259. The van der Waals surface area contributed by atoms with Crippen molar-refractivity contribution in [1.82, 2.24) is 5.32 Å². The largest absolute Gasteiger partial charge is 0.481 e. The average Bonchev–Trinajstić information content (AvgIpc) is 2.78. The van der Waals surface area contributed by atoms with E-state index in [-0.39, 0.29) is 17.2 Å². The molecule has 0 aliphatic heterocycles. The van der Waals surface area contributed by atoms with Gasteiger partial charge in [0.1, 0.15) is 5.75 Å². The highest BCUT2D eigenvalue weighted by Crippen LogP contribution is 2.25. The lowest BCUT2D eigenvalue weighted by atomic mass is 9.87. The molecule has 2 N–H and O–H groups in total.